The average Bonchev–Trinajstić information content (AvgIpc) is 2.83. The number of hydrogen-bond donors (Lipinski definition) is 1. The molecule has 0 saturated carbocycles. The lowest BCUT2D eigenvalue weighted by Crippen LogP contribution is -2.00. The molecule has 5 heteroatoms. The summed E-state index contributed by atoms with van der Waals surface area (Å²) in [5.74, 6) is 1.22. The van der Waals surface area contributed by atoms with Crippen molar-refractivity contribution in [3.05, 3.63) is 40.2 Å². The van der Waals surface area contributed by atoms with Crippen molar-refractivity contribution in [2.24, 2.45) is 0 Å². The molecule has 2 heterocycles. The standard InChI is InChI=1S/C15H10O5/c1-7-2-8(16)3-13-14(7)9-4-11-12(19-6-18-11)5-10(9)15(17)20-13/h2-5,16H,6H2,1H3. The van der Waals surface area contributed by atoms with E-state index in [0.29, 0.717) is 22.5 Å². The van der Waals surface area contributed by atoms with E-state index in [0.717, 1.165) is 16.3 Å². The fourth-order valence-corrected chi connectivity index (χ4v) is 2.63. The highest BCUT2D eigenvalue weighted by atomic mass is 16.7. The van der Waals surface area contributed by atoms with Crippen LogP contribution < -0.4 is 15.1 Å². The smallest absolute Gasteiger partial charge is 0.344 e. The van der Waals surface area contributed by atoms with Crippen molar-refractivity contribution in [1.82, 2.24) is 0 Å². The minimum atomic E-state index is -0.462. The number of aryl methyl sites for hydroxylation is 1. The zero-order chi connectivity index (χ0) is 13.9. The van der Waals surface area contributed by atoms with Crippen molar-refractivity contribution in [1.29, 1.82) is 0 Å². The molecule has 0 radical (unpaired) electrons. The van der Waals surface area contributed by atoms with E-state index in [4.69, 9.17) is 13.9 Å². The van der Waals surface area contributed by atoms with E-state index in [9.17, 15) is 9.90 Å². The second kappa shape index (κ2) is 3.66. The molecule has 1 aliphatic heterocycles. The molecule has 4 rings (SSSR count). The van der Waals surface area contributed by atoms with Gasteiger partial charge in [-0.3, -0.25) is 0 Å². The number of aromatic hydroxyl groups is 1. The topological polar surface area (TPSA) is 68.9 Å². The van der Waals surface area contributed by atoms with Gasteiger partial charge in [-0.25, -0.2) is 4.79 Å². The molecule has 1 aliphatic rings. The van der Waals surface area contributed by atoms with E-state index in [2.05, 4.69) is 0 Å². The molecule has 0 amide bonds. The Bertz CT molecular complexity index is 923. The van der Waals surface area contributed by atoms with E-state index >= 15 is 0 Å². The quantitative estimate of drug-likeness (QED) is 0.502. The Kier molecular flexibility index (Phi) is 2.04. The van der Waals surface area contributed by atoms with Crippen LogP contribution in [0.15, 0.2) is 33.5 Å². The maximum Gasteiger partial charge on any atom is 0.344 e. The first-order chi connectivity index (χ1) is 9.63. The number of fused-ring (bicyclic) bond motifs is 4. The van der Waals surface area contributed by atoms with E-state index in [1.165, 1.54) is 6.07 Å². The molecule has 0 saturated heterocycles. The Morgan fingerprint density at radius 3 is 2.50 bits per heavy atom. The lowest BCUT2D eigenvalue weighted by Gasteiger charge is -2.07. The molecule has 5 nitrogen and oxygen atoms in total. The highest BCUT2D eigenvalue weighted by Crippen LogP contribution is 2.38. The summed E-state index contributed by atoms with van der Waals surface area (Å²) in [6.45, 7) is 2.00. The van der Waals surface area contributed by atoms with Crippen LogP contribution in [0.5, 0.6) is 17.2 Å². The van der Waals surface area contributed by atoms with Crippen molar-refractivity contribution in [2.75, 3.05) is 6.79 Å². The van der Waals surface area contributed by atoms with E-state index in [1.807, 2.05) is 6.92 Å². The van der Waals surface area contributed by atoms with Gasteiger partial charge >= 0.3 is 5.63 Å². The van der Waals surface area contributed by atoms with Crippen molar-refractivity contribution in [3.63, 3.8) is 0 Å². The molecule has 0 bridgehead atoms. The highest BCUT2D eigenvalue weighted by molar-refractivity contribution is 6.07. The van der Waals surface area contributed by atoms with Crippen LogP contribution in [0.4, 0.5) is 0 Å². The zero-order valence-electron chi connectivity index (χ0n) is 10.6. The molecule has 1 N–H and O–H groups in total. The maximum absolute atomic E-state index is 12.1. The van der Waals surface area contributed by atoms with Gasteiger partial charge in [-0.1, -0.05) is 0 Å². The van der Waals surface area contributed by atoms with Gasteiger partial charge in [0.25, 0.3) is 0 Å². The van der Waals surface area contributed by atoms with Crippen LogP contribution in [0.25, 0.3) is 21.7 Å². The lowest BCUT2D eigenvalue weighted by molar-refractivity contribution is 0.174. The van der Waals surface area contributed by atoms with Crippen LogP contribution in [0.2, 0.25) is 0 Å². The second-order valence-electron chi connectivity index (χ2n) is 4.78. The van der Waals surface area contributed by atoms with Gasteiger partial charge in [0.05, 0.1) is 5.39 Å². The van der Waals surface area contributed by atoms with Gasteiger partial charge in [0.1, 0.15) is 11.3 Å². The number of benzene rings is 2. The molecule has 0 aliphatic carbocycles. The van der Waals surface area contributed by atoms with Crippen molar-refractivity contribution < 1.29 is 19.0 Å². The van der Waals surface area contributed by atoms with Crippen molar-refractivity contribution >= 4 is 21.7 Å². The fraction of sp³-hybridized carbons (Fsp3) is 0.133. The van der Waals surface area contributed by atoms with Crippen molar-refractivity contribution in [3.8, 4) is 17.2 Å². The van der Waals surface area contributed by atoms with Crippen LogP contribution in [-0.4, -0.2) is 11.9 Å². The monoisotopic (exact) mass is 270 g/mol. The summed E-state index contributed by atoms with van der Waals surface area (Å²) in [7, 11) is 0. The number of rotatable bonds is 0. The molecule has 100 valence electrons. The van der Waals surface area contributed by atoms with E-state index < -0.39 is 5.63 Å². The number of ether oxygens (including phenoxy) is 2. The first kappa shape index (κ1) is 11.2. The van der Waals surface area contributed by atoms with Crippen LogP contribution in [-0.2, 0) is 0 Å². The first-order valence-corrected chi connectivity index (χ1v) is 6.13. The van der Waals surface area contributed by atoms with Crippen LogP contribution >= 0.6 is 0 Å². The molecule has 0 fully saturated rings. The van der Waals surface area contributed by atoms with Crippen LogP contribution in [0.1, 0.15) is 5.56 Å². The molecular formula is C15H10O5. The number of phenols is 1. The Labute approximate surface area is 113 Å². The Morgan fingerprint density at radius 1 is 1.05 bits per heavy atom. The summed E-state index contributed by atoms with van der Waals surface area (Å²) in [6, 6.07) is 6.48. The summed E-state index contributed by atoms with van der Waals surface area (Å²) < 4.78 is 15.9. The second-order valence-corrected chi connectivity index (χ2v) is 4.78. The predicted octanol–water partition coefficient (Wildman–Crippen LogP) is 2.69. The van der Waals surface area contributed by atoms with Gasteiger partial charge in [0.15, 0.2) is 11.5 Å². The first-order valence-electron chi connectivity index (χ1n) is 6.13. The zero-order valence-corrected chi connectivity index (χ0v) is 10.6. The number of hydrogen-bond acceptors (Lipinski definition) is 5. The molecule has 2 aromatic carbocycles. The lowest BCUT2D eigenvalue weighted by atomic mass is 10.0. The van der Waals surface area contributed by atoms with Gasteiger partial charge in [0, 0.05) is 16.8 Å². The Morgan fingerprint density at radius 2 is 1.75 bits per heavy atom. The Hall–Kier alpha value is -2.69. The van der Waals surface area contributed by atoms with Gasteiger partial charge in [-0.15, -0.1) is 0 Å². The van der Waals surface area contributed by atoms with E-state index in [-0.39, 0.29) is 12.5 Å². The third kappa shape index (κ3) is 1.40. The van der Waals surface area contributed by atoms with Gasteiger partial charge < -0.3 is 19.0 Å². The molecule has 0 unspecified atom stereocenters. The summed E-state index contributed by atoms with van der Waals surface area (Å²) >= 11 is 0. The molecule has 0 spiro atoms. The van der Waals surface area contributed by atoms with Crippen LogP contribution in [0.3, 0.4) is 0 Å². The predicted molar refractivity (Wildman–Crippen MR) is 72.5 cm³/mol. The molecule has 1 aromatic heterocycles. The SMILES string of the molecule is Cc1cc(O)cc2oc(=O)c3cc4c(cc3c12)OCO4. The Balaban J connectivity index is 2.26. The summed E-state index contributed by atoms with van der Waals surface area (Å²) in [6.07, 6.45) is 0. The van der Waals surface area contributed by atoms with Gasteiger partial charge in [0.2, 0.25) is 6.79 Å². The van der Waals surface area contributed by atoms with E-state index in [1.54, 1.807) is 18.2 Å². The largest absolute Gasteiger partial charge is 0.508 e. The van der Waals surface area contributed by atoms with Gasteiger partial charge in [-0.2, -0.15) is 0 Å². The summed E-state index contributed by atoms with van der Waals surface area (Å²) in [4.78, 5) is 12.1. The molecular weight excluding hydrogens is 260 g/mol. The van der Waals surface area contributed by atoms with Crippen LogP contribution in [0, 0.1) is 6.92 Å². The fourth-order valence-electron chi connectivity index (χ4n) is 2.63. The number of phenolic OH excluding ortho intramolecular Hbond substituents is 1. The molecule has 0 atom stereocenters. The minimum absolute atomic E-state index is 0.0678. The molecule has 3 aromatic rings. The maximum atomic E-state index is 12.1. The minimum Gasteiger partial charge on any atom is -0.508 e. The molecule has 20 heavy (non-hydrogen) atoms. The van der Waals surface area contributed by atoms with Crippen molar-refractivity contribution in [2.45, 2.75) is 6.92 Å². The average molecular weight is 270 g/mol. The third-order valence-electron chi connectivity index (χ3n) is 3.49. The normalized spacial score (nSPS) is 13.2. The summed E-state index contributed by atoms with van der Waals surface area (Å²) in [5.41, 5.74) is 0.724. The van der Waals surface area contributed by atoms with Gasteiger partial charge in [-0.05, 0) is 30.7 Å². The highest BCUT2D eigenvalue weighted by Gasteiger charge is 2.18. The third-order valence-corrected chi connectivity index (χ3v) is 3.49. The summed E-state index contributed by atoms with van der Waals surface area (Å²) in [5, 5.41) is 11.6.